The van der Waals surface area contributed by atoms with Gasteiger partial charge in [-0.1, -0.05) is 36.4 Å². The molecule has 0 N–H and O–H groups in total. The number of benzene rings is 6. The minimum absolute atomic E-state index is 0. The van der Waals surface area contributed by atoms with E-state index >= 15 is 105 Å². The molecular formula is C66H10Cu2F30N6O2. The normalized spacial score (nSPS) is 12.4. The Balaban J connectivity index is 0.00000561. The standard InChI is InChI=1S/C66H12F30N6O2.2Cu/c67-35-29(36(68)48(80)59(91)47(35)79)23-11-9-21(101-65(11)103)27(33-43(75)55(87)63(95)56(88)44(33)76)20-8-6-18(100-20)26(32-41(73)53(85)62(94)54(86)42(32)74)16-4-2-14(98-16)24(30-37(69)49(81)60(92)50(82)38(30)70)12-10-22(102-66(12)104)28(34-45(77)57(89)64(96)58(90)46(34)78)19-7-5-17(99-19)25(15-3-1-13(23)97-15)31-39(71)51(83)61(93)52(84)40(31)72;;/h1-10H,(H2-2,97,98,99,100,101,102,103,104);;/q-2;2*+2/p-2. The Morgan fingerprint density at radius 1 is 0.208 bits per heavy atom. The van der Waals surface area contributed by atoms with Crippen molar-refractivity contribution in [1.82, 2.24) is 19.9 Å². The summed E-state index contributed by atoms with van der Waals surface area (Å²) in [4.78, 5) is 44.0. The van der Waals surface area contributed by atoms with Crippen LogP contribution in [0.5, 0.6) is 0 Å². The van der Waals surface area contributed by atoms with E-state index in [-0.39, 0.29) is 94.8 Å². The first-order valence-corrected chi connectivity index (χ1v) is 27.6. The zero-order valence-electron chi connectivity index (χ0n) is 49.2. The van der Waals surface area contributed by atoms with E-state index in [2.05, 4.69) is 30.6 Å². The van der Waals surface area contributed by atoms with Gasteiger partial charge >= 0.3 is 34.1 Å². The molecule has 0 saturated heterocycles. The fraction of sp³-hybridized carbons (Fsp3) is 0. The summed E-state index contributed by atoms with van der Waals surface area (Å²) in [5.74, 6) is -94.2. The van der Waals surface area contributed by atoms with Gasteiger partial charge in [0.05, 0.1) is 68.0 Å². The van der Waals surface area contributed by atoms with Gasteiger partial charge in [-0.3, -0.25) is 0 Å². The molecule has 4 aliphatic rings. The first kappa shape index (κ1) is 75.9. The van der Waals surface area contributed by atoms with E-state index in [9.17, 15) is 35.9 Å². The van der Waals surface area contributed by atoms with E-state index in [4.69, 9.17) is 0 Å². The summed E-state index contributed by atoms with van der Waals surface area (Å²) < 4.78 is 473. The summed E-state index contributed by atoms with van der Waals surface area (Å²) in [6, 6.07) is 0.559. The van der Waals surface area contributed by atoms with Gasteiger partial charge in [0.25, 0.3) is 0 Å². The van der Waals surface area contributed by atoms with Crippen LogP contribution >= 0.6 is 0 Å². The zero-order valence-corrected chi connectivity index (χ0v) is 51.1. The second-order valence-electron chi connectivity index (χ2n) is 21.5. The van der Waals surface area contributed by atoms with E-state index in [1.807, 2.05) is 0 Å². The van der Waals surface area contributed by atoms with Crippen LogP contribution in [-0.2, 0) is 34.1 Å². The Morgan fingerprint density at radius 3 is 0.575 bits per heavy atom. The number of hydrogen-bond donors (Lipinski definition) is 0. The number of aromatic nitrogens is 4. The third-order valence-electron chi connectivity index (χ3n) is 15.9. The predicted octanol–water partition coefficient (Wildman–Crippen LogP) is 20.7. The average molecular weight is 1620 g/mol. The quantitative estimate of drug-likeness (QED) is 0.0709. The molecule has 6 aromatic carbocycles. The molecule has 0 unspecified atom stereocenters. The van der Waals surface area contributed by atoms with E-state index in [0.717, 1.165) is 0 Å². The summed E-state index contributed by atoms with van der Waals surface area (Å²) in [6.07, 6.45) is 0.822. The molecule has 3 aromatic heterocycles. The maximum atomic E-state index is 16.5. The Hall–Kier alpha value is -11.2. The van der Waals surface area contributed by atoms with Crippen molar-refractivity contribution in [3.05, 3.63) is 255 Å². The maximum absolute atomic E-state index is 16.5. The van der Waals surface area contributed by atoms with Crippen LogP contribution < -0.4 is 9.97 Å². The van der Waals surface area contributed by atoms with Crippen LogP contribution in [0, 0.1) is 175 Å². The zero-order chi connectivity index (χ0) is 75.6. The molecule has 2 radical (unpaired) electrons. The SMILES string of the molecule is O=C1[N-]c2cc1c(-c1c(F)c(F)c(F)c(F)c1F)c1ccc([n-]1)c(-c1c(F)c(F)c(F)c(F)c1F)c1nc(c(-c3c(F)c(F)c(F)c(F)c3F)c3cc(c(-c4c(F)c(F)c(F)c(F)c4F)c4ccc([n-]4)c(-c4c(F)c(F)c(F)c(F)c4F)c4nc(c2-c2c(F)c(F)c(F)c(F)c2F)C=C4)C(=O)[N-]3)C=C1.[Cu+2].[Cu+2]. The van der Waals surface area contributed by atoms with Gasteiger partial charge < -0.3 is 30.2 Å². The van der Waals surface area contributed by atoms with Crippen LogP contribution in [0.4, 0.5) is 143 Å². The number of nitrogens with zero attached hydrogens (tertiary/aromatic N) is 6. The Labute approximate surface area is 585 Å². The van der Waals surface area contributed by atoms with Crippen LogP contribution in [0.2, 0.25) is 0 Å². The predicted molar refractivity (Wildman–Crippen MR) is 298 cm³/mol. The molecule has 12 bridgehead atoms. The first-order chi connectivity index (χ1) is 48.9. The largest absolute Gasteiger partial charge is 2.00 e. The minimum atomic E-state index is -3.05. The molecule has 40 heteroatoms. The average Bonchev–Trinajstić information content (AvgIpc) is 1.55. The molecule has 13 rings (SSSR count). The number of fused-ring (bicyclic) bond motifs is 12. The summed E-state index contributed by atoms with van der Waals surface area (Å²) in [5, 5.41) is 6.71. The van der Waals surface area contributed by atoms with Crippen LogP contribution in [0.3, 0.4) is 0 Å². The number of hydrogen-bond acceptors (Lipinski definition) is 4. The van der Waals surface area contributed by atoms with Crippen molar-refractivity contribution < 1.29 is 175 Å². The molecule has 106 heavy (non-hydrogen) atoms. The van der Waals surface area contributed by atoms with E-state index in [0.29, 0.717) is 0 Å². The van der Waals surface area contributed by atoms with Crippen LogP contribution in [0.15, 0.2) is 36.4 Å². The van der Waals surface area contributed by atoms with Crippen LogP contribution in [0.1, 0.15) is 43.5 Å². The molecule has 0 aliphatic carbocycles. The molecule has 0 fully saturated rings. The van der Waals surface area contributed by atoms with E-state index in [1.165, 1.54) is 0 Å². The fourth-order valence-electron chi connectivity index (χ4n) is 11.3. The van der Waals surface area contributed by atoms with Crippen LogP contribution in [-0.4, -0.2) is 21.8 Å². The van der Waals surface area contributed by atoms with Crippen molar-refractivity contribution in [2.45, 2.75) is 0 Å². The van der Waals surface area contributed by atoms with Crippen molar-refractivity contribution >= 4 is 69.6 Å². The molecule has 4 aliphatic heterocycles. The van der Waals surface area contributed by atoms with Gasteiger partial charge in [-0.25, -0.2) is 142 Å². The molecule has 0 spiro atoms. The second-order valence-corrected chi connectivity index (χ2v) is 21.5. The van der Waals surface area contributed by atoms with Gasteiger partial charge in [0.1, 0.15) is 0 Å². The van der Waals surface area contributed by atoms with Gasteiger partial charge in [0.15, 0.2) is 140 Å². The van der Waals surface area contributed by atoms with Gasteiger partial charge in [-0.05, 0) is 57.7 Å². The van der Waals surface area contributed by atoms with Crippen molar-refractivity contribution in [2.75, 3.05) is 0 Å². The topological polar surface area (TPSA) is 116 Å². The molecule has 548 valence electrons. The van der Waals surface area contributed by atoms with Gasteiger partial charge in [-0.2, -0.15) is 0 Å². The van der Waals surface area contributed by atoms with Gasteiger partial charge in [0.2, 0.25) is 34.9 Å². The Kier molecular flexibility index (Phi) is 19.4. The molecule has 7 heterocycles. The molecule has 0 atom stereocenters. The van der Waals surface area contributed by atoms with Crippen molar-refractivity contribution in [1.29, 1.82) is 0 Å². The molecule has 2 amide bonds. The third-order valence-corrected chi connectivity index (χ3v) is 15.9. The fourth-order valence-corrected chi connectivity index (χ4v) is 11.3. The van der Waals surface area contributed by atoms with Crippen molar-refractivity contribution in [3.63, 3.8) is 0 Å². The Bertz CT molecular complexity index is 5480. The number of amides is 2. The number of carbonyl (C=O) groups excluding carboxylic acids is 2. The monoisotopic (exact) mass is 1610 g/mol. The molecular weight excluding hydrogens is 1610 g/mol. The molecule has 0 saturated carbocycles. The first-order valence-electron chi connectivity index (χ1n) is 27.6. The summed E-state index contributed by atoms with van der Waals surface area (Å²) in [5.41, 5.74) is -45.1. The smallest absolute Gasteiger partial charge is 0.657 e. The molecule has 8 nitrogen and oxygen atoms in total. The van der Waals surface area contributed by atoms with E-state index in [1.54, 1.807) is 0 Å². The minimum Gasteiger partial charge on any atom is -0.657 e. The van der Waals surface area contributed by atoms with Crippen molar-refractivity contribution in [2.24, 2.45) is 0 Å². The number of carbonyl (C=O) groups is 2. The van der Waals surface area contributed by atoms with Gasteiger partial charge in [-0.15, -0.1) is 33.4 Å². The summed E-state index contributed by atoms with van der Waals surface area (Å²) >= 11 is 0. The van der Waals surface area contributed by atoms with Crippen molar-refractivity contribution in [3.8, 4) is 66.8 Å². The van der Waals surface area contributed by atoms with Gasteiger partial charge in [0, 0.05) is 11.1 Å². The summed E-state index contributed by atoms with van der Waals surface area (Å²) in [6.45, 7) is 0. The number of halogens is 30. The summed E-state index contributed by atoms with van der Waals surface area (Å²) in [7, 11) is 0. The number of rotatable bonds is 6. The molecule has 9 aromatic rings. The Morgan fingerprint density at radius 2 is 0.368 bits per heavy atom. The third kappa shape index (κ3) is 11.1. The second kappa shape index (κ2) is 27.0. The van der Waals surface area contributed by atoms with E-state index < -0.39 is 320 Å². The van der Waals surface area contributed by atoms with Crippen LogP contribution in [0.25, 0.3) is 124 Å². The maximum Gasteiger partial charge on any atom is 2.00 e.